The molecule has 0 bridgehead atoms. The van der Waals surface area contributed by atoms with Gasteiger partial charge in [0, 0.05) is 18.9 Å². The fourth-order valence-corrected chi connectivity index (χ4v) is 2.05. The van der Waals surface area contributed by atoms with Gasteiger partial charge in [-0.15, -0.1) is 12.4 Å². The van der Waals surface area contributed by atoms with E-state index < -0.39 is 0 Å². The lowest BCUT2D eigenvalue weighted by molar-refractivity contribution is 0.346. The van der Waals surface area contributed by atoms with Crippen molar-refractivity contribution in [1.82, 2.24) is 9.58 Å². The molecule has 1 aromatic heterocycles. The molecule has 0 unspecified atom stereocenters. The fourth-order valence-electron chi connectivity index (χ4n) is 1.94. The molecule has 2 N–H and O–H groups in total. The molecule has 0 aromatic carbocycles. The van der Waals surface area contributed by atoms with Crippen molar-refractivity contribution in [2.45, 2.75) is 19.8 Å². The van der Waals surface area contributed by atoms with Gasteiger partial charge < -0.3 is 0 Å². The van der Waals surface area contributed by atoms with Crippen molar-refractivity contribution in [2.75, 3.05) is 13.1 Å². The van der Waals surface area contributed by atoms with Gasteiger partial charge in [-0.3, -0.25) is 0 Å². The lowest BCUT2D eigenvalue weighted by Gasteiger charge is -2.26. The minimum absolute atomic E-state index is 0. The fraction of sp³-hybridized carbons (Fsp3) is 0.500. The molecule has 1 aliphatic heterocycles. The third-order valence-electron chi connectivity index (χ3n) is 2.88. The molecule has 0 spiro atoms. The van der Waals surface area contributed by atoms with Crippen LogP contribution in [0.5, 0.6) is 0 Å². The molecule has 2 heterocycles. The maximum absolute atomic E-state index is 6.25. The molecule has 3 nitrogen and oxygen atoms in total. The monoisotopic (exact) mass is 248 g/mol. The van der Waals surface area contributed by atoms with E-state index in [1.165, 1.54) is 12.8 Å². The van der Waals surface area contributed by atoms with Crippen molar-refractivity contribution in [3.63, 3.8) is 0 Å². The Morgan fingerprint density at radius 1 is 1.40 bits per heavy atom. The highest BCUT2D eigenvalue weighted by Crippen LogP contribution is 2.26. The summed E-state index contributed by atoms with van der Waals surface area (Å²) in [6.45, 7) is 3.96. The second-order valence-electron chi connectivity index (χ2n) is 3.99. The van der Waals surface area contributed by atoms with Crippen LogP contribution in [0, 0.1) is 6.92 Å². The molecule has 1 saturated heterocycles. The third-order valence-corrected chi connectivity index (χ3v) is 3.27. The average molecular weight is 249 g/mol. The first kappa shape index (κ1) is 12.7. The standard InChI is InChI=1S/C10H15ClN3.ClH/c1-8-6-9(7-13-10(8)11)14(12)4-2-3-5-14;/h6-7H,2-5,12H2,1H3;1H/q+1;. The number of pyridine rings is 1. The summed E-state index contributed by atoms with van der Waals surface area (Å²) in [4.78, 5) is 4.14. The maximum atomic E-state index is 6.25. The molecule has 1 aliphatic rings. The van der Waals surface area contributed by atoms with Crippen molar-refractivity contribution in [2.24, 2.45) is 5.84 Å². The number of aryl methyl sites for hydroxylation is 1. The molecule has 5 heteroatoms. The Bertz CT molecular complexity index is 349. The second-order valence-corrected chi connectivity index (χ2v) is 4.35. The van der Waals surface area contributed by atoms with E-state index >= 15 is 0 Å². The number of nitrogens with zero attached hydrogens (tertiary/aromatic N) is 2. The highest BCUT2D eigenvalue weighted by atomic mass is 35.5. The van der Waals surface area contributed by atoms with Gasteiger partial charge >= 0.3 is 0 Å². The zero-order valence-electron chi connectivity index (χ0n) is 8.74. The maximum Gasteiger partial charge on any atom is 0.170 e. The normalized spacial score (nSPS) is 18.6. The largest absolute Gasteiger partial charge is 0.238 e. The lowest BCUT2D eigenvalue weighted by Crippen LogP contribution is -2.53. The van der Waals surface area contributed by atoms with Gasteiger partial charge in [-0.05, 0) is 12.5 Å². The van der Waals surface area contributed by atoms with Gasteiger partial charge in [-0.1, -0.05) is 11.6 Å². The molecule has 0 aliphatic carbocycles. The third kappa shape index (κ3) is 2.42. The Balaban J connectivity index is 0.00000112. The van der Waals surface area contributed by atoms with Crippen LogP contribution in [0.3, 0.4) is 0 Å². The van der Waals surface area contributed by atoms with E-state index in [-0.39, 0.29) is 12.4 Å². The van der Waals surface area contributed by atoms with Crippen LogP contribution in [0.2, 0.25) is 5.15 Å². The first-order valence-electron chi connectivity index (χ1n) is 4.90. The van der Waals surface area contributed by atoms with Crippen LogP contribution >= 0.6 is 24.0 Å². The first-order valence-corrected chi connectivity index (χ1v) is 5.28. The van der Waals surface area contributed by atoms with Crippen molar-refractivity contribution >= 4 is 29.7 Å². The number of hydrogen-bond acceptors (Lipinski definition) is 2. The summed E-state index contributed by atoms with van der Waals surface area (Å²) in [6, 6.07) is 2.04. The van der Waals surface area contributed by atoms with Crippen molar-refractivity contribution in [3.05, 3.63) is 23.0 Å². The number of nitrogens with two attached hydrogens (primary N) is 1. The molecule has 2 rings (SSSR count). The van der Waals surface area contributed by atoms with Crippen molar-refractivity contribution in [3.8, 4) is 0 Å². The average Bonchev–Trinajstić information content (AvgIpc) is 2.58. The Labute approximate surface area is 101 Å². The number of hydrogen-bond donors (Lipinski definition) is 1. The molecular formula is C10H16Cl2N3+. The minimum atomic E-state index is 0. The number of quaternary nitrogens is 1. The number of rotatable bonds is 1. The quantitative estimate of drug-likeness (QED) is 0.471. The predicted octanol–water partition coefficient (Wildman–Crippen LogP) is 2.44. The second kappa shape index (κ2) is 4.66. The van der Waals surface area contributed by atoms with E-state index in [2.05, 4.69) is 4.98 Å². The van der Waals surface area contributed by atoms with Gasteiger partial charge in [0.1, 0.15) is 18.2 Å². The van der Waals surface area contributed by atoms with E-state index in [0.717, 1.165) is 24.3 Å². The molecule has 0 atom stereocenters. The van der Waals surface area contributed by atoms with Crippen LogP contribution in [-0.4, -0.2) is 18.1 Å². The summed E-state index contributed by atoms with van der Waals surface area (Å²) < 4.78 is 0.519. The summed E-state index contributed by atoms with van der Waals surface area (Å²) >= 11 is 5.87. The molecule has 1 fully saturated rings. The topological polar surface area (TPSA) is 38.9 Å². The lowest BCUT2D eigenvalue weighted by atomic mass is 10.2. The van der Waals surface area contributed by atoms with E-state index in [0.29, 0.717) is 9.75 Å². The predicted molar refractivity (Wildman–Crippen MR) is 66.2 cm³/mol. The molecule has 15 heavy (non-hydrogen) atoms. The molecule has 0 radical (unpaired) electrons. The SMILES string of the molecule is Cc1cc([N+]2(N)CCCC2)cnc1Cl.Cl. The summed E-state index contributed by atoms with van der Waals surface area (Å²) in [7, 11) is 0. The van der Waals surface area contributed by atoms with Gasteiger partial charge in [-0.2, -0.15) is 5.84 Å². The van der Waals surface area contributed by atoms with Gasteiger partial charge in [0.2, 0.25) is 0 Å². The van der Waals surface area contributed by atoms with E-state index in [1.54, 1.807) is 6.20 Å². The van der Waals surface area contributed by atoms with Crippen LogP contribution < -0.4 is 10.4 Å². The highest BCUT2D eigenvalue weighted by Gasteiger charge is 2.31. The number of aromatic nitrogens is 1. The van der Waals surface area contributed by atoms with Crippen LogP contribution in [-0.2, 0) is 0 Å². The Kier molecular flexibility index (Phi) is 3.95. The highest BCUT2D eigenvalue weighted by molar-refractivity contribution is 6.30. The van der Waals surface area contributed by atoms with Gasteiger partial charge in [-0.25, -0.2) is 9.58 Å². The van der Waals surface area contributed by atoms with Crippen molar-refractivity contribution < 1.29 is 0 Å². The number of halogens is 2. The van der Waals surface area contributed by atoms with E-state index in [1.807, 2.05) is 13.0 Å². The van der Waals surface area contributed by atoms with E-state index in [9.17, 15) is 0 Å². The molecule has 1 aromatic rings. The molecule has 0 saturated carbocycles. The van der Waals surface area contributed by atoms with Gasteiger partial charge in [0.15, 0.2) is 5.69 Å². The van der Waals surface area contributed by atoms with Crippen molar-refractivity contribution in [1.29, 1.82) is 0 Å². The van der Waals surface area contributed by atoms with Crippen LogP contribution in [0.4, 0.5) is 5.69 Å². The first-order chi connectivity index (χ1) is 6.62. The van der Waals surface area contributed by atoms with Gasteiger partial charge in [0.25, 0.3) is 0 Å². The van der Waals surface area contributed by atoms with Gasteiger partial charge in [0.05, 0.1) is 6.20 Å². The summed E-state index contributed by atoms with van der Waals surface area (Å²) in [6.07, 6.45) is 4.18. The summed E-state index contributed by atoms with van der Waals surface area (Å²) in [5.41, 5.74) is 2.07. The molecule has 84 valence electrons. The summed E-state index contributed by atoms with van der Waals surface area (Å²) in [5.74, 6) is 6.25. The van der Waals surface area contributed by atoms with Crippen LogP contribution in [0.15, 0.2) is 12.3 Å². The molecular weight excluding hydrogens is 233 g/mol. The zero-order chi connectivity index (χ0) is 10.2. The van der Waals surface area contributed by atoms with Crippen LogP contribution in [0.1, 0.15) is 18.4 Å². The van der Waals surface area contributed by atoms with Crippen LogP contribution in [0.25, 0.3) is 0 Å². The smallest absolute Gasteiger partial charge is 0.170 e. The Morgan fingerprint density at radius 3 is 2.53 bits per heavy atom. The minimum Gasteiger partial charge on any atom is -0.238 e. The Morgan fingerprint density at radius 2 is 2.00 bits per heavy atom. The summed E-state index contributed by atoms with van der Waals surface area (Å²) in [5, 5.41) is 0.569. The Hall–Kier alpha value is -0.350. The zero-order valence-corrected chi connectivity index (χ0v) is 10.3. The van der Waals surface area contributed by atoms with E-state index in [4.69, 9.17) is 17.4 Å². The molecule has 0 amide bonds.